The molecule has 1 fully saturated rings. The highest BCUT2D eigenvalue weighted by Gasteiger charge is 2.31. The molecule has 0 radical (unpaired) electrons. The summed E-state index contributed by atoms with van der Waals surface area (Å²) in [5.74, 6) is 0.678. The molecule has 1 unspecified atom stereocenters. The first kappa shape index (κ1) is 11.5. The zero-order chi connectivity index (χ0) is 10.6. The topological polar surface area (TPSA) is 52.3 Å². The van der Waals surface area contributed by atoms with Gasteiger partial charge in [0.2, 0.25) is 0 Å². The highest BCUT2D eigenvalue weighted by atomic mass is 16.5. The lowest BCUT2D eigenvalue weighted by molar-refractivity contribution is -0.154. The smallest absolute Gasteiger partial charge is 0.313 e. The van der Waals surface area contributed by atoms with Crippen molar-refractivity contribution in [2.45, 2.75) is 39.5 Å². The van der Waals surface area contributed by atoms with Crippen molar-refractivity contribution in [1.29, 1.82) is 0 Å². The average Bonchev–Trinajstić information content (AvgIpc) is 3.00. The fraction of sp³-hybridized carbons (Fsp3) is 0.909. The molecule has 1 atom stereocenters. The van der Waals surface area contributed by atoms with Gasteiger partial charge in [0, 0.05) is 6.54 Å². The van der Waals surface area contributed by atoms with E-state index in [1.165, 1.54) is 12.8 Å². The van der Waals surface area contributed by atoms with Crippen molar-refractivity contribution in [3.05, 3.63) is 0 Å². The molecule has 0 spiro atoms. The van der Waals surface area contributed by atoms with Gasteiger partial charge in [-0.25, -0.2) is 0 Å². The number of esters is 1. The highest BCUT2D eigenvalue weighted by Crippen LogP contribution is 2.32. The maximum atomic E-state index is 11.6. The standard InChI is InChI=1S/C11H21NO2/c1-3-11(2,8-12)10(13)14-7-6-9-4-5-9/h9H,3-8,12H2,1-2H3. The minimum Gasteiger partial charge on any atom is -0.465 e. The molecule has 82 valence electrons. The van der Waals surface area contributed by atoms with Crippen LogP contribution in [0.3, 0.4) is 0 Å². The molecule has 0 aromatic carbocycles. The number of rotatable bonds is 6. The van der Waals surface area contributed by atoms with Gasteiger partial charge in [0.05, 0.1) is 12.0 Å². The number of hydrogen-bond donors (Lipinski definition) is 1. The summed E-state index contributed by atoms with van der Waals surface area (Å²) in [7, 11) is 0. The van der Waals surface area contributed by atoms with E-state index in [1.54, 1.807) is 0 Å². The SMILES string of the molecule is CCC(C)(CN)C(=O)OCCC1CC1. The van der Waals surface area contributed by atoms with Crippen molar-refractivity contribution in [2.24, 2.45) is 17.1 Å². The summed E-state index contributed by atoms with van der Waals surface area (Å²) in [6.07, 6.45) is 4.38. The number of ether oxygens (including phenoxy) is 1. The second-order valence-corrected chi connectivity index (χ2v) is 4.49. The van der Waals surface area contributed by atoms with Gasteiger partial charge in [-0.1, -0.05) is 19.8 Å². The predicted molar refractivity (Wildman–Crippen MR) is 55.8 cm³/mol. The molecular weight excluding hydrogens is 178 g/mol. The summed E-state index contributed by atoms with van der Waals surface area (Å²) >= 11 is 0. The lowest BCUT2D eigenvalue weighted by Gasteiger charge is -2.23. The molecule has 0 amide bonds. The maximum absolute atomic E-state index is 11.6. The van der Waals surface area contributed by atoms with Crippen molar-refractivity contribution in [3.63, 3.8) is 0 Å². The van der Waals surface area contributed by atoms with Gasteiger partial charge in [-0.15, -0.1) is 0 Å². The Morgan fingerprint density at radius 2 is 2.21 bits per heavy atom. The van der Waals surface area contributed by atoms with Crippen LogP contribution in [0, 0.1) is 11.3 Å². The quantitative estimate of drug-likeness (QED) is 0.662. The van der Waals surface area contributed by atoms with E-state index in [4.69, 9.17) is 10.5 Å². The van der Waals surface area contributed by atoms with E-state index in [0.29, 0.717) is 13.2 Å². The van der Waals surface area contributed by atoms with E-state index in [9.17, 15) is 4.79 Å². The summed E-state index contributed by atoms with van der Waals surface area (Å²) in [6, 6.07) is 0. The molecule has 1 aliphatic rings. The average molecular weight is 199 g/mol. The van der Waals surface area contributed by atoms with Crippen LogP contribution in [0.4, 0.5) is 0 Å². The predicted octanol–water partition coefficient (Wildman–Crippen LogP) is 1.70. The normalized spacial score (nSPS) is 20.2. The van der Waals surface area contributed by atoms with Gasteiger partial charge in [-0.2, -0.15) is 0 Å². The van der Waals surface area contributed by atoms with E-state index in [1.807, 2.05) is 13.8 Å². The molecule has 3 heteroatoms. The minimum atomic E-state index is -0.483. The lowest BCUT2D eigenvalue weighted by atomic mass is 9.88. The third-order valence-corrected chi connectivity index (χ3v) is 3.18. The van der Waals surface area contributed by atoms with Crippen molar-refractivity contribution < 1.29 is 9.53 Å². The molecule has 2 N–H and O–H groups in total. The van der Waals surface area contributed by atoms with Crippen molar-refractivity contribution in [2.75, 3.05) is 13.2 Å². The summed E-state index contributed by atoms with van der Waals surface area (Å²) in [4.78, 5) is 11.6. The Kier molecular flexibility index (Phi) is 3.93. The molecule has 0 saturated heterocycles. The Hall–Kier alpha value is -0.570. The van der Waals surface area contributed by atoms with Crippen molar-refractivity contribution >= 4 is 5.97 Å². The van der Waals surface area contributed by atoms with E-state index < -0.39 is 5.41 Å². The monoisotopic (exact) mass is 199 g/mol. The van der Waals surface area contributed by atoms with Gasteiger partial charge >= 0.3 is 5.97 Å². The molecule has 0 heterocycles. The zero-order valence-corrected chi connectivity index (χ0v) is 9.21. The van der Waals surface area contributed by atoms with Crippen LogP contribution in [-0.4, -0.2) is 19.1 Å². The molecule has 0 aromatic rings. The Morgan fingerprint density at radius 1 is 1.57 bits per heavy atom. The number of carbonyl (C=O) groups is 1. The molecule has 3 nitrogen and oxygen atoms in total. The van der Waals surface area contributed by atoms with Crippen LogP contribution in [0.5, 0.6) is 0 Å². The van der Waals surface area contributed by atoms with Crippen LogP contribution in [-0.2, 0) is 9.53 Å². The summed E-state index contributed by atoms with van der Waals surface area (Å²) in [5.41, 5.74) is 5.08. The molecule has 1 aliphatic carbocycles. The van der Waals surface area contributed by atoms with Crippen molar-refractivity contribution in [3.8, 4) is 0 Å². The highest BCUT2D eigenvalue weighted by molar-refractivity contribution is 5.76. The van der Waals surface area contributed by atoms with Gasteiger partial charge in [-0.3, -0.25) is 4.79 Å². The first-order chi connectivity index (χ1) is 6.62. The van der Waals surface area contributed by atoms with Crippen LogP contribution in [0.2, 0.25) is 0 Å². The third kappa shape index (κ3) is 2.98. The van der Waals surface area contributed by atoms with Crippen LogP contribution >= 0.6 is 0 Å². The second-order valence-electron chi connectivity index (χ2n) is 4.49. The fourth-order valence-electron chi connectivity index (χ4n) is 1.27. The minimum absolute atomic E-state index is 0.136. The molecule has 0 aromatic heterocycles. The Balaban J connectivity index is 2.23. The van der Waals surface area contributed by atoms with Gasteiger partial charge in [0.1, 0.15) is 0 Å². The summed E-state index contributed by atoms with van der Waals surface area (Å²) < 4.78 is 5.22. The van der Waals surface area contributed by atoms with Gasteiger partial charge in [-0.05, 0) is 25.7 Å². The zero-order valence-electron chi connectivity index (χ0n) is 9.21. The fourth-order valence-corrected chi connectivity index (χ4v) is 1.27. The van der Waals surface area contributed by atoms with E-state index in [0.717, 1.165) is 18.8 Å². The first-order valence-electron chi connectivity index (χ1n) is 5.49. The number of carbonyl (C=O) groups excluding carboxylic acids is 1. The summed E-state index contributed by atoms with van der Waals surface area (Å²) in [6.45, 7) is 4.77. The van der Waals surface area contributed by atoms with Crippen molar-refractivity contribution in [1.82, 2.24) is 0 Å². The molecule has 1 rings (SSSR count). The van der Waals surface area contributed by atoms with Crippen LogP contribution < -0.4 is 5.73 Å². The van der Waals surface area contributed by atoms with E-state index in [-0.39, 0.29) is 5.97 Å². The van der Waals surface area contributed by atoms with Crippen LogP contribution in [0.15, 0.2) is 0 Å². The maximum Gasteiger partial charge on any atom is 0.313 e. The molecular formula is C11H21NO2. The molecule has 1 saturated carbocycles. The lowest BCUT2D eigenvalue weighted by Crippen LogP contribution is -2.36. The van der Waals surface area contributed by atoms with Gasteiger partial charge < -0.3 is 10.5 Å². The molecule has 0 bridgehead atoms. The molecule has 14 heavy (non-hydrogen) atoms. The van der Waals surface area contributed by atoms with Gasteiger partial charge in [0.25, 0.3) is 0 Å². The second kappa shape index (κ2) is 4.78. The van der Waals surface area contributed by atoms with Crippen LogP contribution in [0.1, 0.15) is 39.5 Å². The number of nitrogens with two attached hydrogens (primary N) is 1. The number of hydrogen-bond acceptors (Lipinski definition) is 3. The first-order valence-corrected chi connectivity index (χ1v) is 5.49. The van der Waals surface area contributed by atoms with E-state index >= 15 is 0 Å². The Bertz CT molecular complexity index is 195. The Labute approximate surface area is 86.0 Å². The van der Waals surface area contributed by atoms with Gasteiger partial charge in [0.15, 0.2) is 0 Å². The Morgan fingerprint density at radius 3 is 2.64 bits per heavy atom. The summed E-state index contributed by atoms with van der Waals surface area (Å²) in [5, 5.41) is 0. The molecule has 0 aliphatic heterocycles. The third-order valence-electron chi connectivity index (χ3n) is 3.18. The van der Waals surface area contributed by atoms with Crippen LogP contribution in [0.25, 0.3) is 0 Å². The van der Waals surface area contributed by atoms with E-state index in [2.05, 4.69) is 0 Å². The largest absolute Gasteiger partial charge is 0.465 e.